The van der Waals surface area contributed by atoms with Gasteiger partial charge in [0.25, 0.3) is 0 Å². The van der Waals surface area contributed by atoms with Crippen LogP contribution in [-0.4, -0.2) is 41.9 Å². The minimum atomic E-state index is 0.600. The van der Waals surface area contributed by atoms with E-state index in [1.54, 1.807) is 11.9 Å². The lowest BCUT2D eigenvalue weighted by atomic mass is 10.1. The third-order valence-electron chi connectivity index (χ3n) is 2.85. The van der Waals surface area contributed by atoms with E-state index in [0.717, 1.165) is 22.2 Å². The highest BCUT2D eigenvalue weighted by atomic mass is 16.5. The SMILES string of the molecule is COCCOCCn1nc2c(C)ccc(C)c2n1. The van der Waals surface area contributed by atoms with Gasteiger partial charge in [0.2, 0.25) is 0 Å². The molecule has 0 radical (unpaired) electrons. The first-order valence-electron chi connectivity index (χ1n) is 6.10. The molecule has 2 aromatic rings. The van der Waals surface area contributed by atoms with E-state index in [1.165, 1.54) is 0 Å². The molecule has 0 saturated heterocycles. The number of fused-ring (bicyclic) bond motifs is 1. The van der Waals surface area contributed by atoms with Gasteiger partial charge in [0, 0.05) is 7.11 Å². The van der Waals surface area contributed by atoms with Crippen LogP contribution in [0.3, 0.4) is 0 Å². The maximum Gasteiger partial charge on any atom is 0.116 e. The minimum absolute atomic E-state index is 0.600. The topological polar surface area (TPSA) is 49.2 Å². The summed E-state index contributed by atoms with van der Waals surface area (Å²) in [5.74, 6) is 0. The second kappa shape index (κ2) is 5.93. The number of rotatable bonds is 6. The van der Waals surface area contributed by atoms with Gasteiger partial charge in [-0.2, -0.15) is 15.0 Å². The van der Waals surface area contributed by atoms with Crippen LogP contribution >= 0.6 is 0 Å². The van der Waals surface area contributed by atoms with Gasteiger partial charge in [0.05, 0.1) is 26.4 Å². The van der Waals surface area contributed by atoms with Gasteiger partial charge in [-0.25, -0.2) is 0 Å². The number of nitrogens with zero attached hydrogens (tertiary/aromatic N) is 3. The van der Waals surface area contributed by atoms with Gasteiger partial charge >= 0.3 is 0 Å². The van der Waals surface area contributed by atoms with Crippen LogP contribution in [-0.2, 0) is 16.0 Å². The Labute approximate surface area is 107 Å². The molecule has 5 heteroatoms. The molecule has 0 spiro atoms. The van der Waals surface area contributed by atoms with Crippen molar-refractivity contribution in [3.63, 3.8) is 0 Å². The molecule has 98 valence electrons. The van der Waals surface area contributed by atoms with E-state index in [-0.39, 0.29) is 0 Å². The lowest BCUT2D eigenvalue weighted by Gasteiger charge is -2.02. The quantitative estimate of drug-likeness (QED) is 0.731. The summed E-state index contributed by atoms with van der Waals surface area (Å²) in [6.07, 6.45) is 0. The molecule has 0 unspecified atom stereocenters. The van der Waals surface area contributed by atoms with E-state index in [1.807, 2.05) is 0 Å². The average Bonchev–Trinajstić information content (AvgIpc) is 2.79. The maximum atomic E-state index is 5.41. The standard InChI is InChI=1S/C13H19N3O2/c1-10-4-5-11(2)13-12(10)14-16(15-13)6-7-18-9-8-17-3/h4-5H,6-9H2,1-3H3. The second-order valence-electron chi connectivity index (χ2n) is 4.30. The van der Waals surface area contributed by atoms with Crippen molar-refractivity contribution in [3.8, 4) is 0 Å². The molecule has 0 aliphatic carbocycles. The molecule has 1 aromatic heterocycles. The van der Waals surface area contributed by atoms with Crippen LogP contribution in [0.4, 0.5) is 0 Å². The molecule has 0 atom stereocenters. The van der Waals surface area contributed by atoms with Crippen LogP contribution in [0, 0.1) is 13.8 Å². The van der Waals surface area contributed by atoms with Crippen molar-refractivity contribution in [2.24, 2.45) is 0 Å². The van der Waals surface area contributed by atoms with Crippen molar-refractivity contribution in [2.75, 3.05) is 26.9 Å². The van der Waals surface area contributed by atoms with Crippen LogP contribution in [0.2, 0.25) is 0 Å². The van der Waals surface area contributed by atoms with E-state index in [2.05, 4.69) is 36.2 Å². The molecular formula is C13H19N3O2. The number of aromatic nitrogens is 3. The van der Waals surface area contributed by atoms with Gasteiger partial charge in [-0.1, -0.05) is 12.1 Å². The Morgan fingerprint density at radius 1 is 1.00 bits per heavy atom. The van der Waals surface area contributed by atoms with Crippen LogP contribution in [0.15, 0.2) is 12.1 Å². The Morgan fingerprint density at radius 2 is 1.61 bits per heavy atom. The summed E-state index contributed by atoms with van der Waals surface area (Å²) in [4.78, 5) is 1.71. The van der Waals surface area contributed by atoms with Crippen LogP contribution < -0.4 is 0 Å². The molecular weight excluding hydrogens is 230 g/mol. The van der Waals surface area contributed by atoms with Gasteiger partial charge < -0.3 is 9.47 Å². The molecule has 0 bridgehead atoms. The van der Waals surface area contributed by atoms with Crippen molar-refractivity contribution in [3.05, 3.63) is 23.3 Å². The zero-order valence-electron chi connectivity index (χ0n) is 11.1. The summed E-state index contributed by atoms with van der Waals surface area (Å²) < 4.78 is 10.3. The Bertz CT molecular complexity index is 483. The lowest BCUT2D eigenvalue weighted by Crippen LogP contribution is -2.11. The molecule has 18 heavy (non-hydrogen) atoms. The third-order valence-corrected chi connectivity index (χ3v) is 2.85. The Balaban J connectivity index is 2.02. The molecule has 2 rings (SSSR count). The average molecular weight is 249 g/mol. The fourth-order valence-electron chi connectivity index (χ4n) is 1.78. The summed E-state index contributed by atoms with van der Waals surface area (Å²) in [6.45, 7) is 6.59. The number of hydrogen-bond donors (Lipinski definition) is 0. The lowest BCUT2D eigenvalue weighted by molar-refractivity contribution is 0.0640. The zero-order valence-corrected chi connectivity index (χ0v) is 11.1. The highest BCUT2D eigenvalue weighted by molar-refractivity contribution is 5.80. The van der Waals surface area contributed by atoms with E-state index in [4.69, 9.17) is 9.47 Å². The van der Waals surface area contributed by atoms with Crippen molar-refractivity contribution in [2.45, 2.75) is 20.4 Å². The number of benzene rings is 1. The first kappa shape index (κ1) is 13.0. The molecule has 1 aromatic carbocycles. The summed E-state index contributed by atoms with van der Waals surface area (Å²) in [5.41, 5.74) is 4.27. The van der Waals surface area contributed by atoms with E-state index < -0.39 is 0 Å². The summed E-state index contributed by atoms with van der Waals surface area (Å²) in [6, 6.07) is 4.15. The first-order chi connectivity index (χ1) is 8.72. The molecule has 0 aliphatic heterocycles. The van der Waals surface area contributed by atoms with Crippen LogP contribution in [0.5, 0.6) is 0 Å². The number of methoxy groups -OCH3 is 1. The molecule has 5 nitrogen and oxygen atoms in total. The molecule has 0 saturated carbocycles. The molecule has 0 fully saturated rings. The second-order valence-corrected chi connectivity index (χ2v) is 4.30. The van der Waals surface area contributed by atoms with Crippen molar-refractivity contribution in [1.29, 1.82) is 0 Å². The number of aryl methyl sites for hydroxylation is 2. The normalized spacial score (nSPS) is 11.3. The summed E-state index contributed by atoms with van der Waals surface area (Å²) in [5, 5.41) is 8.97. The number of hydrogen-bond acceptors (Lipinski definition) is 4. The largest absolute Gasteiger partial charge is 0.382 e. The first-order valence-corrected chi connectivity index (χ1v) is 6.10. The van der Waals surface area contributed by atoms with Gasteiger partial charge in [-0.3, -0.25) is 0 Å². The van der Waals surface area contributed by atoms with Crippen LogP contribution in [0.25, 0.3) is 11.0 Å². The fraction of sp³-hybridized carbons (Fsp3) is 0.538. The Kier molecular flexibility index (Phi) is 4.28. The Hall–Kier alpha value is -1.46. The van der Waals surface area contributed by atoms with Crippen LogP contribution in [0.1, 0.15) is 11.1 Å². The summed E-state index contributed by atoms with van der Waals surface area (Å²) in [7, 11) is 1.66. The fourth-order valence-corrected chi connectivity index (χ4v) is 1.78. The predicted octanol–water partition coefficient (Wildman–Crippen LogP) is 1.71. The maximum absolute atomic E-state index is 5.41. The Morgan fingerprint density at radius 3 is 2.17 bits per heavy atom. The third kappa shape index (κ3) is 2.86. The molecule has 0 aliphatic rings. The van der Waals surface area contributed by atoms with Crippen molar-refractivity contribution < 1.29 is 9.47 Å². The van der Waals surface area contributed by atoms with E-state index in [0.29, 0.717) is 26.4 Å². The predicted molar refractivity (Wildman–Crippen MR) is 69.7 cm³/mol. The van der Waals surface area contributed by atoms with Crippen molar-refractivity contribution >= 4 is 11.0 Å². The molecule has 0 N–H and O–H groups in total. The monoisotopic (exact) mass is 249 g/mol. The van der Waals surface area contributed by atoms with E-state index >= 15 is 0 Å². The van der Waals surface area contributed by atoms with Crippen molar-refractivity contribution in [1.82, 2.24) is 15.0 Å². The van der Waals surface area contributed by atoms with E-state index in [9.17, 15) is 0 Å². The highest BCUT2D eigenvalue weighted by Gasteiger charge is 2.07. The van der Waals surface area contributed by atoms with Gasteiger partial charge in [0.15, 0.2) is 0 Å². The smallest absolute Gasteiger partial charge is 0.116 e. The summed E-state index contributed by atoms with van der Waals surface area (Å²) >= 11 is 0. The molecule has 1 heterocycles. The molecule has 0 amide bonds. The zero-order chi connectivity index (χ0) is 13.0. The highest BCUT2D eigenvalue weighted by Crippen LogP contribution is 2.17. The van der Waals surface area contributed by atoms with Gasteiger partial charge in [-0.15, -0.1) is 0 Å². The minimum Gasteiger partial charge on any atom is -0.382 e. The van der Waals surface area contributed by atoms with Gasteiger partial charge in [0.1, 0.15) is 11.0 Å². The van der Waals surface area contributed by atoms with Gasteiger partial charge in [-0.05, 0) is 25.0 Å². The number of ether oxygens (including phenoxy) is 2.